The number of hydrogen-bond donors (Lipinski definition) is 3. The fraction of sp³-hybridized carbons (Fsp3) is 0.607. The monoisotopic (exact) mass is 942 g/mol. The molecule has 1 aromatic carbocycles. The number of nitrogens with one attached hydrogen (secondary N) is 3. The predicted octanol–water partition coefficient (Wildman–Crippen LogP) is 11.0. The minimum absolute atomic E-state index is 0.0393. The molecule has 3 amide bonds. The summed E-state index contributed by atoms with van der Waals surface area (Å²) in [6.45, 7) is 37.6. The number of pyridine rings is 2. The van der Waals surface area contributed by atoms with Crippen LogP contribution in [0.5, 0.6) is 5.88 Å². The molecule has 0 bridgehead atoms. The Balaban J connectivity index is 0.000000511. The number of nitrogens with zero attached hydrogens (tertiary/aromatic N) is 2. The molecule has 2 heterocycles. The van der Waals surface area contributed by atoms with E-state index in [1.165, 1.54) is 6.20 Å². The third-order valence-corrected chi connectivity index (χ3v) is 10.6. The van der Waals surface area contributed by atoms with Crippen molar-refractivity contribution in [2.75, 3.05) is 19.7 Å². The second kappa shape index (κ2) is 26.5. The number of benzene rings is 1. The van der Waals surface area contributed by atoms with Crippen LogP contribution in [-0.4, -0.2) is 64.7 Å². The largest absolute Gasteiger partial charge is 0.477 e. The number of ketones is 3. The molecule has 3 aromatic rings. The molecule has 0 aliphatic carbocycles. The summed E-state index contributed by atoms with van der Waals surface area (Å²) in [6, 6.07) is 13.4. The van der Waals surface area contributed by atoms with Crippen LogP contribution >= 0.6 is 0 Å². The molecule has 0 aliphatic heterocycles. The van der Waals surface area contributed by atoms with Crippen LogP contribution in [0.15, 0.2) is 61.1 Å². The van der Waals surface area contributed by atoms with Crippen LogP contribution in [0, 0.1) is 27.1 Å². The number of hydrogen-bond acceptors (Lipinski definition) is 9. The fourth-order valence-corrected chi connectivity index (χ4v) is 5.62. The zero-order valence-corrected chi connectivity index (χ0v) is 45.1. The Morgan fingerprint density at radius 2 is 0.985 bits per heavy atom. The summed E-state index contributed by atoms with van der Waals surface area (Å²) in [4.78, 5) is 79.8. The van der Waals surface area contributed by atoms with Crippen LogP contribution in [0.1, 0.15) is 194 Å². The van der Waals surface area contributed by atoms with Gasteiger partial charge in [-0.15, -0.1) is 0 Å². The topological polar surface area (TPSA) is 174 Å². The van der Waals surface area contributed by atoms with E-state index < -0.39 is 0 Å². The second-order valence-corrected chi connectivity index (χ2v) is 23.9. The maximum absolute atomic E-state index is 12.1. The Morgan fingerprint density at radius 1 is 0.515 bits per heavy atom. The van der Waals surface area contributed by atoms with Gasteiger partial charge in [-0.3, -0.25) is 33.8 Å². The van der Waals surface area contributed by atoms with Crippen molar-refractivity contribution in [2.45, 2.75) is 175 Å². The molecule has 0 aliphatic rings. The lowest BCUT2D eigenvalue weighted by molar-refractivity contribution is -0.129. The average Bonchev–Trinajstić information content (AvgIpc) is 3.23. The molecule has 2 aromatic heterocycles. The van der Waals surface area contributed by atoms with Crippen molar-refractivity contribution >= 4 is 35.1 Å². The molecule has 12 heteroatoms. The summed E-state index contributed by atoms with van der Waals surface area (Å²) < 4.78 is 5.58. The van der Waals surface area contributed by atoms with Crippen molar-refractivity contribution < 1.29 is 33.5 Å². The Hall–Kier alpha value is -5.26. The molecule has 0 spiro atoms. The van der Waals surface area contributed by atoms with Gasteiger partial charge in [-0.1, -0.05) is 149 Å². The molecule has 378 valence electrons. The zero-order valence-electron chi connectivity index (χ0n) is 45.1. The number of carbonyl (C=O) groups excluding carboxylic acids is 6. The lowest BCUT2D eigenvalue weighted by Crippen LogP contribution is -2.34. The van der Waals surface area contributed by atoms with E-state index in [4.69, 9.17) is 4.74 Å². The lowest BCUT2D eigenvalue weighted by atomic mass is 9.87. The van der Waals surface area contributed by atoms with Gasteiger partial charge >= 0.3 is 0 Å². The van der Waals surface area contributed by atoms with Gasteiger partial charge in [0, 0.05) is 85.2 Å². The molecule has 0 unspecified atom stereocenters. The van der Waals surface area contributed by atoms with Gasteiger partial charge in [-0.2, -0.15) is 0 Å². The van der Waals surface area contributed by atoms with Crippen LogP contribution in [0.2, 0.25) is 0 Å². The molecule has 3 N–H and O–H groups in total. The van der Waals surface area contributed by atoms with E-state index in [9.17, 15) is 28.8 Å². The van der Waals surface area contributed by atoms with Gasteiger partial charge in [-0.25, -0.2) is 4.98 Å². The third-order valence-electron chi connectivity index (χ3n) is 10.6. The Labute approximate surface area is 409 Å². The first-order valence-electron chi connectivity index (χ1n) is 24.1. The maximum Gasteiger partial charge on any atom is 0.252 e. The van der Waals surface area contributed by atoms with Crippen LogP contribution in [-0.2, 0) is 37.6 Å². The highest BCUT2D eigenvalue weighted by molar-refractivity contribution is 5.94. The molecular formula is C56H87N5O7. The quantitative estimate of drug-likeness (QED) is 0.111. The van der Waals surface area contributed by atoms with Gasteiger partial charge in [0.25, 0.3) is 11.8 Å². The molecule has 12 nitrogen and oxygen atoms in total. The van der Waals surface area contributed by atoms with Crippen LogP contribution < -0.4 is 20.7 Å². The maximum atomic E-state index is 12.1. The highest BCUT2D eigenvalue weighted by Crippen LogP contribution is 2.23. The first-order valence-corrected chi connectivity index (χ1v) is 24.1. The highest BCUT2D eigenvalue weighted by Gasteiger charge is 2.24. The predicted molar refractivity (Wildman–Crippen MR) is 275 cm³/mol. The van der Waals surface area contributed by atoms with E-state index >= 15 is 0 Å². The van der Waals surface area contributed by atoms with Crippen molar-refractivity contribution in [1.29, 1.82) is 0 Å². The van der Waals surface area contributed by atoms with E-state index in [0.717, 1.165) is 23.1 Å². The zero-order chi connectivity index (χ0) is 52.3. The van der Waals surface area contributed by atoms with Crippen LogP contribution in [0.3, 0.4) is 0 Å². The number of ether oxygens (including phenoxy) is 1. The van der Waals surface area contributed by atoms with Gasteiger partial charge in [0.05, 0.1) is 17.7 Å². The Bertz CT molecular complexity index is 2030. The molecule has 0 atom stereocenters. The number of aryl methyl sites for hydroxylation is 1. The summed E-state index contributed by atoms with van der Waals surface area (Å²) >= 11 is 0. The van der Waals surface area contributed by atoms with Gasteiger partial charge in [0.1, 0.15) is 17.3 Å². The van der Waals surface area contributed by atoms with Crippen LogP contribution in [0.4, 0.5) is 0 Å². The third kappa shape index (κ3) is 25.2. The number of rotatable bonds is 17. The molecule has 0 saturated carbocycles. The normalized spacial score (nSPS) is 12.0. The highest BCUT2D eigenvalue weighted by atomic mass is 16.5. The summed E-state index contributed by atoms with van der Waals surface area (Å²) in [5.74, 6) is 0.949. The Morgan fingerprint density at radius 3 is 1.41 bits per heavy atom. The van der Waals surface area contributed by atoms with E-state index in [1.54, 1.807) is 24.5 Å². The van der Waals surface area contributed by atoms with Crippen molar-refractivity contribution in [3.05, 3.63) is 88.9 Å². The van der Waals surface area contributed by atoms with Crippen molar-refractivity contribution in [3.63, 3.8) is 0 Å². The van der Waals surface area contributed by atoms with E-state index in [0.29, 0.717) is 75.4 Å². The first-order chi connectivity index (χ1) is 31.0. The minimum atomic E-state index is -0.368. The molecule has 3 rings (SSSR count). The van der Waals surface area contributed by atoms with Gasteiger partial charge < -0.3 is 20.7 Å². The van der Waals surface area contributed by atoms with E-state index in [2.05, 4.69) is 67.5 Å². The van der Waals surface area contributed by atoms with Gasteiger partial charge in [0.2, 0.25) is 11.8 Å². The first kappa shape index (κ1) is 60.8. The van der Waals surface area contributed by atoms with Crippen molar-refractivity contribution in [2.24, 2.45) is 27.1 Å². The molecular weight excluding hydrogens is 855 g/mol. The number of carbonyl (C=O) groups is 6. The number of amides is 3. The van der Waals surface area contributed by atoms with Crippen molar-refractivity contribution in [1.82, 2.24) is 25.9 Å². The minimum Gasteiger partial charge on any atom is -0.477 e. The molecule has 0 fully saturated rings. The van der Waals surface area contributed by atoms with Crippen molar-refractivity contribution in [3.8, 4) is 5.88 Å². The van der Waals surface area contributed by atoms with E-state index in [1.807, 2.05) is 113 Å². The average molecular weight is 942 g/mol. The lowest BCUT2D eigenvalue weighted by Gasteiger charge is -2.19. The SMILES string of the molecule is CC(C)(C)C(=O)CCCNC(=O)c1cncc(C(C)(C)C)c1.CC(C)(C)C(=O)CCc1ccc(CNC(=O)C(C)(C)C)cc1.CC(C)(C)COc1ccc(C(=O)NCCCC(=O)C(C)(C)C)cn1. The molecule has 0 saturated heterocycles. The number of Topliss-reactive ketones (excluding diaryl/α,β-unsaturated/α-hetero) is 3. The molecule has 68 heavy (non-hydrogen) atoms. The molecule has 0 radical (unpaired) electrons. The summed E-state index contributed by atoms with van der Waals surface area (Å²) in [7, 11) is 0. The van der Waals surface area contributed by atoms with Gasteiger partial charge in [-0.05, 0) is 58.9 Å². The summed E-state index contributed by atoms with van der Waals surface area (Å²) in [5.41, 5.74) is 3.06. The number of aromatic nitrogens is 2. The smallest absolute Gasteiger partial charge is 0.252 e. The van der Waals surface area contributed by atoms with E-state index in [-0.39, 0.29) is 67.6 Å². The van der Waals surface area contributed by atoms with Gasteiger partial charge in [0.15, 0.2) is 0 Å². The second-order valence-electron chi connectivity index (χ2n) is 23.9. The summed E-state index contributed by atoms with van der Waals surface area (Å²) in [5, 5.41) is 8.60. The Kier molecular flexibility index (Phi) is 23.7. The fourth-order valence-electron chi connectivity index (χ4n) is 5.62. The summed E-state index contributed by atoms with van der Waals surface area (Å²) in [6.07, 6.45) is 8.48. The van der Waals surface area contributed by atoms with Crippen LogP contribution in [0.25, 0.3) is 0 Å². The standard InChI is InChI=1S/C19H30N2O3.C19H29NO2.C18H28N2O2/c1-18(2,3)13-24-16-10-9-14(12-21-16)17(23)20-11-7-8-15(22)19(4,5)6;1-18(2,3)16(21)12-11-14-7-9-15(10-8-14)13-20-17(22)19(4,5)6;1-17(2,3)14-10-13(11-19-12-14)16(22)20-9-7-8-15(21)18(4,5)6/h9-10,12H,7-8,11,13H2,1-6H3,(H,20,23);7-10H,11-13H2,1-6H3,(H,20,22);10-12H,7-9H2,1-6H3,(H,20,22).